The van der Waals surface area contributed by atoms with Crippen LogP contribution in [0.5, 0.6) is 0 Å². The molecule has 0 fully saturated rings. The third kappa shape index (κ3) is 5.65. The number of anilines is 1. The van der Waals surface area contributed by atoms with Crippen LogP contribution in [0.15, 0.2) is 94.6 Å². The minimum atomic E-state index is -0.237. The topological polar surface area (TPSA) is 97.8 Å². The van der Waals surface area contributed by atoms with E-state index in [2.05, 4.69) is 51.5 Å². The van der Waals surface area contributed by atoms with E-state index >= 15 is 0 Å². The third-order valence-corrected chi connectivity index (χ3v) is 5.78. The molecule has 0 aliphatic rings. The number of guanidine groups is 1. The van der Waals surface area contributed by atoms with E-state index < -0.39 is 0 Å². The monoisotopic (exact) mass is 442 g/mol. The zero-order chi connectivity index (χ0) is 22.3. The first kappa shape index (κ1) is 21.4. The summed E-state index contributed by atoms with van der Waals surface area (Å²) in [5.74, 6) is 1.13. The van der Waals surface area contributed by atoms with Crippen molar-refractivity contribution in [1.82, 2.24) is 9.97 Å². The molecule has 0 radical (unpaired) electrons. The minimum absolute atomic E-state index is 0.237. The van der Waals surface area contributed by atoms with Gasteiger partial charge in [-0.3, -0.25) is 10.1 Å². The normalized spacial score (nSPS) is 11.3. The van der Waals surface area contributed by atoms with E-state index in [4.69, 9.17) is 5.73 Å². The van der Waals surface area contributed by atoms with Crippen molar-refractivity contribution in [1.29, 1.82) is 0 Å². The van der Waals surface area contributed by atoms with Gasteiger partial charge in [-0.25, -0.2) is 9.98 Å². The van der Waals surface area contributed by atoms with E-state index in [1.54, 1.807) is 11.8 Å². The molecule has 6 nitrogen and oxygen atoms in total. The maximum Gasteiger partial charge on any atom is 0.325 e. The molecule has 0 atom stereocenters. The lowest BCUT2D eigenvalue weighted by Gasteiger charge is -2.09. The molecule has 0 spiro atoms. The highest BCUT2D eigenvalue weighted by molar-refractivity contribution is 7.98. The van der Waals surface area contributed by atoms with Gasteiger partial charge in [0.25, 0.3) is 11.5 Å². The predicted octanol–water partition coefficient (Wildman–Crippen LogP) is 3.18. The van der Waals surface area contributed by atoms with Gasteiger partial charge in [0, 0.05) is 16.5 Å². The van der Waals surface area contributed by atoms with Gasteiger partial charge in [-0.1, -0.05) is 66.2 Å². The number of hydrogen-bond donors (Lipinski definition) is 4. The molecule has 0 aliphatic heterocycles. The number of rotatable bonds is 6. The summed E-state index contributed by atoms with van der Waals surface area (Å²) in [6, 6.07) is 27.7. The van der Waals surface area contributed by atoms with Crippen molar-refractivity contribution < 1.29 is 4.99 Å². The molecule has 0 saturated carbocycles. The van der Waals surface area contributed by atoms with Gasteiger partial charge in [0.05, 0.1) is 11.4 Å². The number of aryl methyl sites for hydroxylation is 1. The molecule has 0 saturated heterocycles. The zero-order valence-electron chi connectivity index (χ0n) is 17.6. The molecule has 3 aromatic carbocycles. The largest absolute Gasteiger partial charge is 0.325 e. The molecule has 7 heteroatoms. The molecular formula is C25H24N5OS+. The van der Waals surface area contributed by atoms with Crippen molar-refractivity contribution >= 4 is 29.4 Å². The number of benzene rings is 3. The summed E-state index contributed by atoms with van der Waals surface area (Å²) in [4.78, 5) is 23.4. The SMILES string of the molecule is Cc1ccc(SCc2cc(=O)[nH]c([NH+]=C(N)Nc3ccccc3-c3ccccc3)n2)cc1. The van der Waals surface area contributed by atoms with E-state index in [0.717, 1.165) is 21.7 Å². The van der Waals surface area contributed by atoms with E-state index in [1.165, 1.54) is 11.6 Å². The molecule has 160 valence electrons. The van der Waals surface area contributed by atoms with Crippen LogP contribution in [-0.4, -0.2) is 15.9 Å². The van der Waals surface area contributed by atoms with Gasteiger partial charge in [-0.15, -0.1) is 16.7 Å². The first-order valence-corrected chi connectivity index (χ1v) is 11.2. The van der Waals surface area contributed by atoms with Crippen LogP contribution >= 0.6 is 11.8 Å². The number of aromatic nitrogens is 2. The molecule has 5 N–H and O–H groups in total. The average molecular weight is 443 g/mol. The molecule has 4 rings (SSSR count). The molecule has 0 aliphatic carbocycles. The van der Waals surface area contributed by atoms with Gasteiger partial charge in [0.15, 0.2) is 0 Å². The maximum atomic E-state index is 12.1. The summed E-state index contributed by atoms with van der Waals surface area (Å²) in [6.07, 6.45) is 0. The Balaban J connectivity index is 1.52. The van der Waals surface area contributed by atoms with Gasteiger partial charge >= 0.3 is 5.95 Å². The molecule has 0 unspecified atom stereocenters. The second kappa shape index (κ2) is 9.98. The number of nitrogens with two attached hydrogens (primary N) is 1. The maximum absolute atomic E-state index is 12.1. The Labute approximate surface area is 190 Å². The molecular weight excluding hydrogens is 418 g/mol. The molecule has 4 aromatic rings. The Morgan fingerprint density at radius 3 is 2.53 bits per heavy atom. The molecule has 0 amide bonds. The van der Waals surface area contributed by atoms with Crippen LogP contribution in [0.25, 0.3) is 11.1 Å². The minimum Gasteiger partial charge on any atom is -0.322 e. The fraction of sp³-hybridized carbons (Fsp3) is 0.0800. The first-order chi connectivity index (χ1) is 15.6. The molecule has 32 heavy (non-hydrogen) atoms. The Bertz CT molecular complexity index is 1280. The Kier molecular flexibility index (Phi) is 6.67. The Morgan fingerprint density at radius 2 is 1.75 bits per heavy atom. The van der Waals surface area contributed by atoms with Crippen LogP contribution in [0.1, 0.15) is 11.3 Å². The van der Waals surface area contributed by atoms with Gasteiger partial charge in [0.1, 0.15) is 5.69 Å². The van der Waals surface area contributed by atoms with Crippen LogP contribution in [-0.2, 0) is 5.75 Å². The van der Waals surface area contributed by atoms with Crippen molar-refractivity contribution in [3.8, 4) is 11.1 Å². The smallest absolute Gasteiger partial charge is 0.322 e. The summed E-state index contributed by atoms with van der Waals surface area (Å²) in [5.41, 5.74) is 10.8. The highest BCUT2D eigenvalue weighted by Crippen LogP contribution is 2.27. The highest BCUT2D eigenvalue weighted by Gasteiger charge is 2.10. The van der Waals surface area contributed by atoms with Crippen LogP contribution in [0, 0.1) is 6.92 Å². The second-order valence-electron chi connectivity index (χ2n) is 7.26. The quantitative estimate of drug-likeness (QED) is 0.209. The average Bonchev–Trinajstić information content (AvgIpc) is 2.79. The van der Waals surface area contributed by atoms with Crippen LogP contribution < -0.4 is 21.6 Å². The second-order valence-corrected chi connectivity index (χ2v) is 8.31. The zero-order valence-corrected chi connectivity index (χ0v) is 18.4. The van der Waals surface area contributed by atoms with Crippen molar-refractivity contribution in [2.24, 2.45) is 5.73 Å². The number of aromatic amines is 1. The fourth-order valence-corrected chi connectivity index (χ4v) is 3.99. The number of H-pyrrole nitrogens is 1. The third-order valence-electron chi connectivity index (χ3n) is 4.74. The van der Waals surface area contributed by atoms with Crippen molar-refractivity contribution in [2.75, 3.05) is 5.32 Å². The van der Waals surface area contributed by atoms with E-state index in [0.29, 0.717) is 17.4 Å². The molecule has 0 bridgehead atoms. The fourth-order valence-electron chi connectivity index (χ4n) is 3.20. The highest BCUT2D eigenvalue weighted by atomic mass is 32.2. The van der Waals surface area contributed by atoms with Crippen LogP contribution in [0.3, 0.4) is 0 Å². The van der Waals surface area contributed by atoms with Gasteiger partial charge in [-0.2, -0.15) is 0 Å². The number of nitrogens with one attached hydrogen (secondary N) is 3. The summed E-state index contributed by atoms with van der Waals surface area (Å²) in [5, 5.41) is 3.18. The molecule has 1 heterocycles. The standard InChI is InChI=1S/C25H23N5OS/c1-17-11-13-20(14-12-17)32-16-19-15-23(31)29-25(27-19)30-24(26)28-22-10-6-5-9-21(22)18-7-3-2-4-8-18/h2-15H,16H2,1H3,(H4,26,27,28,29,30,31)/p+1. The van der Waals surface area contributed by atoms with Gasteiger partial charge < -0.3 is 5.73 Å². The van der Waals surface area contributed by atoms with Crippen LogP contribution in [0.4, 0.5) is 11.6 Å². The van der Waals surface area contributed by atoms with Gasteiger partial charge in [0.2, 0.25) is 0 Å². The first-order valence-electron chi connectivity index (χ1n) is 10.2. The lowest BCUT2D eigenvalue weighted by molar-refractivity contribution is -0.365. The van der Waals surface area contributed by atoms with Crippen molar-refractivity contribution in [2.45, 2.75) is 17.6 Å². The summed E-state index contributed by atoms with van der Waals surface area (Å²) >= 11 is 1.62. The lowest BCUT2D eigenvalue weighted by Crippen LogP contribution is -2.73. The van der Waals surface area contributed by atoms with E-state index in [9.17, 15) is 4.79 Å². The number of nitrogens with zero attached hydrogens (tertiary/aromatic N) is 1. The Hall–Kier alpha value is -3.84. The molecule has 1 aromatic heterocycles. The number of thioether (sulfide) groups is 1. The summed E-state index contributed by atoms with van der Waals surface area (Å²) < 4.78 is 0. The lowest BCUT2D eigenvalue weighted by atomic mass is 10.0. The van der Waals surface area contributed by atoms with Crippen molar-refractivity contribution in [3.05, 3.63) is 107 Å². The summed E-state index contributed by atoms with van der Waals surface area (Å²) in [7, 11) is 0. The Morgan fingerprint density at radius 1 is 1.03 bits per heavy atom. The van der Waals surface area contributed by atoms with Gasteiger partial charge in [-0.05, 0) is 30.7 Å². The predicted molar refractivity (Wildman–Crippen MR) is 131 cm³/mol. The number of hydrogen-bond acceptors (Lipinski definition) is 3. The van der Waals surface area contributed by atoms with E-state index in [-0.39, 0.29) is 11.5 Å². The van der Waals surface area contributed by atoms with E-state index in [1.807, 2.05) is 54.6 Å². The summed E-state index contributed by atoms with van der Waals surface area (Å²) in [6.45, 7) is 2.05. The van der Waals surface area contributed by atoms with Crippen molar-refractivity contribution in [3.63, 3.8) is 0 Å². The van der Waals surface area contributed by atoms with Crippen LogP contribution in [0.2, 0.25) is 0 Å². The number of para-hydroxylation sites is 1.